The summed E-state index contributed by atoms with van der Waals surface area (Å²) < 4.78 is 10.2. The van der Waals surface area contributed by atoms with E-state index in [2.05, 4.69) is 4.74 Å². The molecule has 7 heteroatoms. The van der Waals surface area contributed by atoms with Crippen molar-refractivity contribution >= 4 is 17.8 Å². The van der Waals surface area contributed by atoms with Crippen molar-refractivity contribution in [2.24, 2.45) is 5.92 Å². The van der Waals surface area contributed by atoms with Gasteiger partial charge in [-0.25, -0.2) is 9.63 Å². The predicted molar refractivity (Wildman–Crippen MR) is 77.1 cm³/mol. The molecule has 122 valence electrons. The van der Waals surface area contributed by atoms with E-state index in [1.54, 1.807) is 24.3 Å². The highest BCUT2D eigenvalue weighted by Gasteiger charge is 2.41. The molecule has 0 spiro atoms. The van der Waals surface area contributed by atoms with Gasteiger partial charge in [0.05, 0.1) is 18.2 Å². The Bertz CT molecular complexity index is 623. The SMILES string of the molecule is COC(=O)C1CC(C)CC(ON2C(=O)c3ccccc3C2=O)O1. The van der Waals surface area contributed by atoms with Crippen LogP contribution in [-0.4, -0.2) is 42.4 Å². The number of carbonyl (C=O) groups is 3. The van der Waals surface area contributed by atoms with Crippen LogP contribution in [0.1, 0.15) is 40.5 Å². The minimum absolute atomic E-state index is 0.132. The highest BCUT2D eigenvalue weighted by Crippen LogP contribution is 2.29. The number of hydrogen-bond acceptors (Lipinski definition) is 6. The van der Waals surface area contributed by atoms with Gasteiger partial charge in [-0.3, -0.25) is 9.59 Å². The third kappa shape index (κ3) is 2.85. The summed E-state index contributed by atoms with van der Waals surface area (Å²) in [5.41, 5.74) is 0.594. The second-order valence-corrected chi connectivity index (χ2v) is 5.71. The van der Waals surface area contributed by atoms with E-state index in [1.807, 2.05) is 6.92 Å². The number of amides is 2. The molecule has 0 N–H and O–H groups in total. The average Bonchev–Trinajstić information content (AvgIpc) is 2.79. The maximum absolute atomic E-state index is 12.3. The van der Waals surface area contributed by atoms with Gasteiger partial charge < -0.3 is 9.47 Å². The maximum Gasteiger partial charge on any atom is 0.335 e. The van der Waals surface area contributed by atoms with Crippen molar-refractivity contribution in [3.8, 4) is 0 Å². The molecule has 0 aliphatic carbocycles. The van der Waals surface area contributed by atoms with E-state index < -0.39 is 30.2 Å². The fourth-order valence-corrected chi connectivity index (χ4v) is 2.82. The summed E-state index contributed by atoms with van der Waals surface area (Å²) in [6.07, 6.45) is -0.635. The third-order valence-electron chi connectivity index (χ3n) is 3.97. The molecule has 2 heterocycles. The molecule has 2 aliphatic rings. The van der Waals surface area contributed by atoms with E-state index in [4.69, 9.17) is 9.57 Å². The van der Waals surface area contributed by atoms with Gasteiger partial charge in [-0.1, -0.05) is 19.1 Å². The zero-order valence-electron chi connectivity index (χ0n) is 12.9. The van der Waals surface area contributed by atoms with Gasteiger partial charge in [-0.05, 0) is 24.5 Å². The van der Waals surface area contributed by atoms with E-state index in [0.717, 1.165) is 0 Å². The van der Waals surface area contributed by atoms with Gasteiger partial charge in [0.1, 0.15) is 0 Å². The Labute approximate surface area is 133 Å². The first kappa shape index (κ1) is 15.6. The van der Waals surface area contributed by atoms with Crippen LogP contribution < -0.4 is 0 Å². The van der Waals surface area contributed by atoms with Gasteiger partial charge in [0.2, 0.25) is 0 Å². The predicted octanol–water partition coefficient (Wildman–Crippen LogP) is 1.53. The molecule has 7 nitrogen and oxygen atoms in total. The number of hydroxylamine groups is 2. The second-order valence-electron chi connectivity index (χ2n) is 5.71. The molecule has 0 radical (unpaired) electrons. The Morgan fingerprint density at radius 1 is 1.17 bits per heavy atom. The zero-order valence-corrected chi connectivity index (χ0v) is 12.9. The van der Waals surface area contributed by atoms with E-state index in [9.17, 15) is 14.4 Å². The Kier molecular flexibility index (Phi) is 4.14. The number of benzene rings is 1. The van der Waals surface area contributed by atoms with Gasteiger partial charge in [-0.15, -0.1) is 5.06 Å². The summed E-state index contributed by atoms with van der Waals surface area (Å²) in [4.78, 5) is 41.6. The van der Waals surface area contributed by atoms with Crippen LogP contribution in [0, 0.1) is 5.92 Å². The molecule has 3 rings (SSSR count). The molecule has 2 amide bonds. The standard InChI is InChI=1S/C16H17NO6/c1-9-7-12(16(20)21-2)22-13(8-9)23-17-14(18)10-5-3-4-6-11(10)15(17)19/h3-6,9,12-13H,7-8H2,1-2H3. The number of hydrogen-bond donors (Lipinski definition) is 0. The van der Waals surface area contributed by atoms with Crippen LogP contribution in [0.15, 0.2) is 24.3 Å². The van der Waals surface area contributed by atoms with Gasteiger partial charge in [-0.2, -0.15) is 0 Å². The highest BCUT2D eigenvalue weighted by molar-refractivity contribution is 6.20. The first-order valence-corrected chi connectivity index (χ1v) is 7.39. The summed E-state index contributed by atoms with van der Waals surface area (Å²) in [5.74, 6) is -1.41. The number of imide groups is 1. The number of methoxy groups -OCH3 is 1. The lowest BCUT2D eigenvalue weighted by molar-refractivity contribution is -0.271. The van der Waals surface area contributed by atoms with E-state index in [-0.39, 0.29) is 5.92 Å². The largest absolute Gasteiger partial charge is 0.467 e. The van der Waals surface area contributed by atoms with Crippen molar-refractivity contribution in [1.29, 1.82) is 0 Å². The Balaban J connectivity index is 1.74. The quantitative estimate of drug-likeness (QED) is 0.621. The van der Waals surface area contributed by atoms with Crippen molar-refractivity contribution in [3.05, 3.63) is 35.4 Å². The van der Waals surface area contributed by atoms with Crippen LogP contribution in [0.3, 0.4) is 0 Å². The Hall–Kier alpha value is -2.25. The Morgan fingerprint density at radius 3 is 2.35 bits per heavy atom. The van der Waals surface area contributed by atoms with Crippen LogP contribution in [0.4, 0.5) is 0 Å². The molecular formula is C16H17NO6. The van der Waals surface area contributed by atoms with E-state index >= 15 is 0 Å². The summed E-state index contributed by atoms with van der Waals surface area (Å²) in [5, 5.41) is 0.710. The summed E-state index contributed by atoms with van der Waals surface area (Å²) in [6, 6.07) is 6.50. The first-order valence-electron chi connectivity index (χ1n) is 7.39. The number of carbonyl (C=O) groups excluding carboxylic acids is 3. The van der Waals surface area contributed by atoms with Gasteiger partial charge >= 0.3 is 5.97 Å². The van der Waals surface area contributed by atoms with E-state index in [0.29, 0.717) is 29.0 Å². The summed E-state index contributed by atoms with van der Waals surface area (Å²) in [6.45, 7) is 1.94. The molecule has 0 saturated carbocycles. The summed E-state index contributed by atoms with van der Waals surface area (Å²) in [7, 11) is 1.28. The fraction of sp³-hybridized carbons (Fsp3) is 0.438. The lowest BCUT2D eigenvalue weighted by Crippen LogP contribution is -2.43. The molecule has 0 bridgehead atoms. The fourth-order valence-electron chi connectivity index (χ4n) is 2.82. The molecule has 1 aromatic rings. The van der Waals surface area contributed by atoms with Crippen molar-refractivity contribution in [2.75, 3.05) is 7.11 Å². The Morgan fingerprint density at radius 2 is 1.78 bits per heavy atom. The van der Waals surface area contributed by atoms with Crippen molar-refractivity contribution in [3.63, 3.8) is 0 Å². The average molecular weight is 319 g/mol. The molecular weight excluding hydrogens is 302 g/mol. The third-order valence-corrected chi connectivity index (χ3v) is 3.97. The molecule has 23 heavy (non-hydrogen) atoms. The van der Waals surface area contributed by atoms with Crippen LogP contribution in [0.5, 0.6) is 0 Å². The number of fused-ring (bicyclic) bond motifs is 1. The molecule has 1 fully saturated rings. The first-order chi connectivity index (χ1) is 11.0. The number of esters is 1. The minimum Gasteiger partial charge on any atom is -0.467 e. The highest BCUT2D eigenvalue weighted by atomic mass is 16.8. The molecule has 2 aliphatic heterocycles. The number of nitrogens with zero attached hydrogens (tertiary/aromatic N) is 1. The minimum atomic E-state index is -0.856. The smallest absolute Gasteiger partial charge is 0.335 e. The maximum atomic E-state index is 12.3. The van der Waals surface area contributed by atoms with E-state index in [1.165, 1.54) is 7.11 Å². The van der Waals surface area contributed by atoms with Gasteiger partial charge in [0, 0.05) is 6.42 Å². The normalized spacial score (nSPS) is 27.0. The number of ether oxygens (including phenoxy) is 2. The topological polar surface area (TPSA) is 82.1 Å². The lowest BCUT2D eigenvalue weighted by Gasteiger charge is -2.33. The van der Waals surface area contributed by atoms with Gasteiger partial charge in [0.25, 0.3) is 11.8 Å². The van der Waals surface area contributed by atoms with Crippen LogP contribution >= 0.6 is 0 Å². The van der Waals surface area contributed by atoms with Gasteiger partial charge in [0.15, 0.2) is 12.4 Å². The lowest BCUT2D eigenvalue weighted by atomic mass is 9.97. The summed E-state index contributed by atoms with van der Waals surface area (Å²) >= 11 is 0. The monoisotopic (exact) mass is 319 g/mol. The molecule has 1 aromatic carbocycles. The zero-order chi connectivity index (χ0) is 16.6. The van der Waals surface area contributed by atoms with Crippen molar-refractivity contribution in [2.45, 2.75) is 32.2 Å². The van der Waals surface area contributed by atoms with Crippen LogP contribution in [-0.2, 0) is 19.1 Å². The molecule has 3 atom stereocenters. The number of rotatable bonds is 3. The van der Waals surface area contributed by atoms with Crippen molar-refractivity contribution in [1.82, 2.24) is 5.06 Å². The van der Waals surface area contributed by atoms with Crippen LogP contribution in [0.25, 0.3) is 0 Å². The molecule has 0 aromatic heterocycles. The molecule has 1 saturated heterocycles. The van der Waals surface area contributed by atoms with Crippen LogP contribution in [0.2, 0.25) is 0 Å². The molecule has 3 unspecified atom stereocenters. The second kappa shape index (κ2) is 6.10. The van der Waals surface area contributed by atoms with Crippen molar-refractivity contribution < 1.29 is 28.7 Å².